The molecule has 7 heteroatoms. The van der Waals surface area contributed by atoms with Crippen molar-refractivity contribution >= 4 is 5.97 Å². The highest BCUT2D eigenvalue weighted by molar-refractivity contribution is 5.67. The maximum Gasteiger partial charge on any atom is 0.416 e. The van der Waals surface area contributed by atoms with Gasteiger partial charge in [0.05, 0.1) is 12.0 Å². The summed E-state index contributed by atoms with van der Waals surface area (Å²) in [5, 5.41) is 8.54. The van der Waals surface area contributed by atoms with E-state index in [9.17, 15) is 18.0 Å². The van der Waals surface area contributed by atoms with Crippen LogP contribution in [0.3, 0.4) is 0 Å². The molecule has 0 fully saturated rings. The molecule has 0 amide bonds. The Morgan fingerprint density at radius 2 is 1.88 bits per heavy atom. The van der Waals surface area contributed by atoms with Crippen LogP contribution in [-0.2, 0) is 15.8 Å². The molecule has 0 radical (unpaired) electrons. The van der Waals surface area contributed by atoms with Crippen LogP contribution in [0.25, 0.3) is 0 Å². The van der Waals surface area contributed by atoms with Crippen molar-refractivity contribution in [1.82, 2.24) is 0 Å². The predicted molar refractivity (Wildman–Crippen MR) is 51.7 cm³/mol. The second-order valence-electron chi connectivity index (χ2n) is 3.34. The van der Waals surface area contributed by atoms with Gasteiger partial charge in [-0.05, 0) is 17.7 Å². The van der Waals surface area contributed by atoms with Crippen LogP contribution in [0, 0.1) is 0 Å². The van der Waals surface area contributed by atoms with Crippen LogP contribution >= 0.6 is 0 Å². The van der Waals surface area contributed by atoms with Crippen LogP contribution in [0.1, 0.15) is 23.7 Å². The van der Waals surface area contributed by atoms with Crippen molar-refractivity contribution in [1.29, 1.82) is 0 Å². The lowest BCUT2D eigenvalue weighted by Crippen LogP contribution is -2.14. The van der Waals surface area contributed by atoms with E-state index in [4.69, 9.17) is 11.0 Å². The van der Waals surface area contributed by atoms with Gasteiger partial charge in [-0.2, -0.15) is 13.2 Å². The third kappa shape index (κ3) is 3.72. The summed E-state index contributed by atoms with van der Waals surface area (Å²) in [5.74, 6) is 3.74. The standard InChI is InChI=1S/C10H10F3NO3/c11-10(12,13)7-3-1-6(2-4-7)8(17-14)5-9(15)16/h1-4,8H,5,14H2,(H,15,16). The summed E-state index contributed by atoms with van der Waals surface area (Å²) in [7, 11) is 0. The molecule has 1 aromatic rings. The van der Waals surface area contributed by atoms with Crippen molar-refractivity contribution in [3.05, 3.63) is 35.4 Å². The second-order valence-corrected chi connectivity index (χ2v) is 3.34. The van der Waals surface area contributed by atoms with Gasteiger partial charge in [-0.15, -0.1) is 0 Å². The Morgan fingerprint density at radius 3 is 2.24 bits per heavy atom. The van der Waals surface area contributed by atoms with Crippen molar-refractivity contribution < 1.29 is 27.9 Å². The van der Waals surface area contributed by atoms with Gasteiger partial charge in [0.25, 0.3) is 0 Å². The Balaban J connectivity index is 2.89. The number of hydrogen-bond donors (Lipinski definition) is 2. The zero-order valence-electron chi connectivity index (χ0n) is 8.57. The van der Waals surface area contributed by atoms with Gasteiger partial charge in [0.15, 0.2) is 0 Å². The van der Waals surface area contributed by atoms with E-state index in [1.807, 2.05) is 0 Å². The Hall–Kier alpha value is -1.60. The first-order valence-electron chi connectivity index (χ1n) is 4.59. The molecule has 4 nitrogen and oxygen atoms in total. The Bertz CT molecular complexity index is 389. The zero-order chi connectivity index (χ0) is 13.1. The molecule has 0 saturated carbocycles. The molecule has 94 valence electrons. The van der Waals surface area contributed by atoms with Crippen LogP contribution in [0.2, 0.25) is 0 Å². The topological polar surface area (TPSA) is 72.5 Å². The molecule has 1 unspecified atom stereocenters. The lowest BCUT2D eigenvalue weighted by Gasteiger charge is -2.13. The van der Waals surface area contributed by atoms with E-state index in [1.54, 1.807) is 0 Å². The van der Waals surface area contributed by atoms with Crippen molar-refractivity contribution in [3.8, 4) is 0 Å². The molecular formula is C10H10F3NO3. The first-order chi connectivity index (χ1) is 7.84. The monoisotopic (exact) mass is 249 g/mol. The van der Waals surface area contributed by atoms with Gasteiger partial charge in [0, 0.05) is 0 Å². The Kier molecular flexibility index (Phi) is 4.08. The number of alkyl halides is 3. The fourth-order valence-electron chi connectivity index (χ4n) is 1.29. The molecule has 17 heavy (non-hydrogen) atoms. The predicted octanol–water partition coefficient (Wildman–Crippen LogP) is 2.11. The van der Waals surface area contributed by atoms with Gasteiger partial charge < -0.3 is 5.11 Å². The van der Waals surface area contributed by atoms with Gasteiger partial charge in [0.1, 0.15) is 6.10 Å². The van der Waals surface area contributed by atoms with Gasteiger partial charge >= 0.3 is 12.1 Å². The summed E-state index contributed by atoms with van der Waals surface area (Å²) in [6.07, 6.45) is -5.80. The average Bonchev–Trinajstić information content (AvgIpc) is 2.24. The number of nitrogens with two attached hydrogens (primary N) is 1. The van der Waals surface area contributed by atoms with Crippen molar-refractivity contribution in [2.24, 2.45) is 5.90 Å². The lowest BCUT2D eigenvalue weighted by molar-refractivity contribution is -0.141. The fraction of sp³-hybridized carbons (Fsp3) is 0.300. The molecule has 1 aromatic carbocycles. The number of rotatable bonds is 4. The average molecular weight is 249 g/mol. The summed E-state index contributed by atoms with van der Waals surface area (Å²) in [4.78, 5) is 14.9. The van der Waals surface area contributed by atoms with Crippen LogP contribution in [0.5, 0.6) is 0 Å². The number of benzene rings is 1. The minimum Gasteiger partial charge on any atom is -0.481 e. The summed E-state index contributed by atoms with van der Waals surface area (Å²) < 4.78 is 36.8. The molecule has 1 atom stereocenters. The van der Waals surface area contributed by atoms with E-state index in [1.165, 1.54) is 0 Å². The fourth-order valence-corrected chi connectivity index (χ4v) is 1.29. The lowest BCUT2D eigenvalue weighted by atomic mass is 10.0. The van der Waals surface area contributed by atoms with Crippen molar-refractivity contribution in [3.63, 3.8) is 0 Å². The molecular weight excluding hydrogens is 239 g/mol. The quantitative estimate of drug-likeness (QED) is 0.801. The molecule has 0 aliphatic heterocycles. The van der Waals surface area contributed by atoms with E-state index in [2.05, 4.69) is 4.84 Å². The number of hydrogen-bond acceptors (Lipinski definition) is 3. The van der Waals surface area contributed by atoms with Crippen LogP contribution in [0.4, 0.5) is 13.2 Å². The number of carboxylic acid groups (broad SMARTS) is 1. The smallest absolute Gasteiger partial charge is 0.416 e. The minimum absolute atomic E-state index is 0.280. The number of carboxylic acids is 1. The minimum atomic E-state index is -4.43. The molecule has 0 saturated heterocycles. The van der Waals surface area contributed by atoms with Gasteiger partial charge in [-0.3, -0.25) is 9.63 Å². The maximum absolute atomic E-state index is 12.3. The first-order valence-corrected chi connectivity index (χ1v) is 4.59. The van der Waals surface area contributed by atoms with E-state index in [-0.39, 0.29) is 5.56 Å². The Labute approximate surface area is 94.8 Å². The van der Waals surface area contributed by atoms with E-state index in [0.29, 0.717) is 0 Å². The van der Waals surface area contributed by atoms with Gasteiger partial charge in [-0.25, -0.2) is 5.90 Å². The van der Waals surface area contributed by atoms with E-state index >= 15 is 0 Å². The highest BCUT2D eigenvalue weighted by Gasteiger charge is 2.30. The van der Waals surface area contributed by atoms with Crippen molar-refractivity contribution in [2.45, 2.75) is 18.7 Å². The highest BCUT2D eigenvalue weighted by atomic mass is 19.4. The zero-order valence-corrected chi connectivity index (χ0v) is 8.57. The summed E-state index contributed by atoms with van der Waals surface area (Å²) in [6.45, 7) is 0. The molecule has 3 N–H and O–H groups in total. The maximum atomic E-state index is 12.3. The van der Waals surface area contributed by atoms with Gasteiger partial charge in [-0.1, -0.05) is 12.1 Å². The van der Waals surface area contributed by atoms with Crippen LogP contribution in [0.15, 0.2) is 24.3 Å². The largest absolute Gasteiger partial charge is 0.481 e. The number of halogens is 3. The number of aliphatic carboxylic acids is 1. The second kappa shape index (κ2) is 5.15. The molecule has 0 heterocycles. The van der Waals surface area contributed by atoms with Crippen molar-refractivity contribution in [2.75, 3.05) is 0 Å². The summed E-state index contributed by atoms with van der Waals surface area (Å²) in [5.41, 5.74) is -0.532. The summed E-state index contributed by atoms with van der Waals surface area (Å²) >= 11 is 0. The van der Waals surface area contributed by atoms with Gasteiger partial charge in [0.2, 0.25) is 0 Å². The third-order valence-corrected chi connectivity index (χ3v) is 2.13. The van der Waals surface area contributed by atoms with E-state index < -0.39 is 30.2 Å². The highest BCUT2D eigenvalue weighted by Crippen LogP contribution is 2.30. The summed E-state index contributed by atoms with van der Waals surface area (Å²) in [6, 6.07) is 3.99. The van der Waals surface area contributed by atoms with Crippen LogP contribution < -0.4 is 5.90 Å². The third-order valence-electron chi connectivity index (χ3n) is 2.13. The molecule has 0 bridgehead atoms. The first kappa shape index (κ1) is 13.5. The number of carbonyl (C=O) groups is 1. The SMILES string of the molecule is NOC(CC(=O)O)c1ccc(C(F)(F)F)cc1. The molecule has 0 spiro atoms. The van der Waals surface area contributed by atoms with Crippen LogP contribution in [-0.4, -0.2) is 11.1 Å². The molecule has 1 rings (SSSR count). The molecule has 0 aliphatic rings. The normalized spacial score (nSPS) is 13.4. The molecule has 0 aromatic heterocycles. The van der Waals surface area contributed by atoms with E-state index in [0.717, 1.165) is 24.3 Å². The molecule has 0 aliphatic carbocycles. The Morgan fingerprint density at radius 1 is 1.35 bits per heavy atom.